The number of furan rings is 1. The Kier molecular flexibility index (Phi) is 9.47. The zero-order valence-corrected chi connectivity index (χ0v) is 38.8. The number of rotatable bonds is 8. The third-order valence-electron chi connectivity index (χ3n) is 14.9. The van der Waals surface area contributed by atoms with Crippen LogP contribution in [0.25, 0.3) is 88.0 Å². The number of hydrogen-bond donors (Lipinski definition) is 0. The quantitative estimate of drug-likeness (QED) is 0.141. The molecule has 0 bridgehead atoms. The highest BCUT2D eigenvalue weighted by atomic mass is 16.3. The summed E-state index contributed by atoms with van der Waals surface area (Å²) in [5, 5.41) is 7.21. The first-order valence-corrected chi connectivity index (χ1v) is 24.5. The number of benzene rings is 12. The molecule has 0 atom stereocenters. The van der Waals surface area contributed by atoms with Crippen molar-refractivity contribution in [1.29, 1.82) is 0 Å². The normalized spacial score (nSPS) is 12.6. The smallest absolute Gasteiger partial charge is 0.136 e. The van der Waals surface area contributed by atoms with Crippen LogP contribution in [-0.4, -0.2) is 0 Å². The average Bonchev–Trinajstić information content (AvgIpc) is 3.98. The Morgan fingerprint density at radius 3 is 1.62 bits per heavy atom. The van der Waals surface area contributed by atoms with E-state index in [0.717, 1.165) is 66.8 Å². The van der Waals surface area contributed by atoms with Crippen molar-refractivity contribution < 1.29 is 4.42 Å². The molecule has 1 aromatic heterocycles. The minimum absolute atomic E-state index is 0.569. The second-order valence-corrected chi connectivity index (χ2v) is 18.7. The molecule has 332 valence electrons. The number of anilines is 3. The van der Waals surface area contributed by atoms with Crippen LogP contribution in [0, 0.1) is 0 Å². The molecule has 1 aliphatic carbocycles. The topological polar surface area (TPSA) is 16.4 Å². The predicted molar refractivity (Wildman–Crippen MR) is 297 cm³/mol. The molecule has 13 aromatic rings. The lowest BCUT2D eigenvalue weighted by atomic mass is 9.67. The zero-order chi connectivity index (χ0) is 46.9. The molecule has 1 aliphatic rings. The van der Waals surface area contributed by atoms with Gasteiger partial charge in [0, 0.05) is 27.7 Å². The third-order valence-corrected chi connectivity index (χ3v) is 14.9. The van der Waals surface area contributed by atoms with Crippen molar-refractivity contribution in [1.82, 2.24) is 0 Å². The van der Waals surface area contributed by atoms with E-state index in [9.17, 15) is 0 Å². The van der Waals surface area contributed by atoms with Crippen molar-refractivity contribution in [2.24, 2.45) is 0 Å². The molecule has 0 unspecified atom stereocenters. The molecule has 1 heterocycles. The van der Waals surface area contributed by atoms with E-state index < -0.39 is 5.41 Å². The van der Waals surface area contributed by atoms with Crippen LogP contribution < -0.4 is 4.90 Å². The highest BCUT2D eigenvalue weighted by molar-refractivity contribution is 6.15. The van der Waals surface area contributed by atoms with Gasteiger partial charge in [-0.05, 0) is 131 Å². The van der Waals surface area contributed by atoms with Gasteiger partial charge in [-0.1, -0.05) is 224 Å². The van der Waals surface area contributed by atoms with Crippen LogP contribution in [0.15, 0.2) is 277 Å². The summed E-state index contributed by atoms with van der Waals surface area (Å²) in [6.45, 7) is 0. The van der Waals surface area contributed by atoms with E-state index in [2.05, 4.69) is 272 Å². The first-order chi connectivity index (χ1) is 35.2. The Labute approximate surface area is 413 Å². The Bertz CT molecular complexity index is 4110. The van der Waals surface area contributed by atoms with Crippen molar-refractivity contribution in [2.45, 2.75) is 5.41 Å². The summed E-state index contributed by atoms with van der Waals surface area (Å²) in [5.41, 5.74) is 18.9. The van der Waals surface area contributed by atoms with Gasteiger partial charge >= 0.3 is 0 Å². The fourth-order valence-corrected chi connectivity index (χ4v) is 11.8. The van der Waals surface area contributed by atoms with Gasteiger partial charge in [-0.25, -0.2) is 0 Å². The minimum Gasteiger partial charge on any atom is -0.456 e. The van der Waals surface area contributed by atoms with Crippen molar-refractivity contribution in [3.63, 3.8) is 0 Å². The molecule has 0 saturated carbocycles. The first-order valence-electron chi connectivity index (χ1n) is 24.5. The van der Waals surface area contributed by atoms with Gasteiger partial charge in [-0.3, -0.25) is 0 Å². The fourth-order valence-electron chi connectivity index (χ4n) is 11.8. The van der Waals surface area contributed by atoms with Crippen molar-refractivity contribution in [3.8, 4) is 44.5 Å². The van der Waals surface area contributed by atoms with Crippen LogP contribution in [0.4, 0.5) is 17.1 Å². The molecule has 2 nitrogen and oxygen atoms in total. The van der Waals surface area contributed by atoms with Crippen molar-refractivity contribution >= 4 is 60.5 Å². The molecule has 0 amide bonds. The number of hydrogen-bond acceptors (Lipinski definition) is 2. The van der Waals surface area contributed by atoms with E-state index in [0.29, 0.717) is 0 Å². The van der Waals surface area contributed by atoms with Gasteiger partial charge in [0.05, 0.1) is 11.1 Å². The van der Waals surface area contributed by atoms with Crippen molar-refractivity contribution in [3.05, 3.63) is 295 Å². The molecule has 0 saturated heterocycles. The Balaban J connectivity index is 1.05. The van der Waals surface area contributed by atoms with Gasteiger partial charge in [0.15, 0.2) is 0 Å². The lowest BCUT2D eigenvalue weighted by Gasteiger charge is -2.35. The van der Waals surface area contributed by atoms with Crippen LogP contribution in [0.2, 0.25) is 0 Å². The molecule has 71 heavy (non-hydrogen) atoms. The second kappa shape index (κ2) is 16.5. The summed E-state index contributed by atoms with van der Waals surface area (Å²) in [6, 6.07) is 100. The number of para-hydroxylation sites is 1. The molecule has 0 spiro atoms. The molecule has 0 fully saturated rings. The summed E-state index contributed by atoms with van der Waals surface area (Å²) in [4.78, 5) is 2.50. The predicted octanol–water partition coefficient (Wildman–Crippen LogP) is 18.7. The summed E-state index contributed by atoms with van der Waals surface area (Å²) in [7, 11) is 0. The summed E-state index contributed by atoms with van der Waals surface area (Å²) in [5.74, 6) is 0. The van der Waals surface area contributed by atoms with Gasteiger partial charge in [-0.2, -0.15) is 0 Å². The van der Waals surface area contributed by atoms with Crippen LogP contribution >= 0.6 is 0 Å². The molecule has 0 radical (unpaired) electrons. The molecule has 12 aromatic carbocycles. The van der Waals surface area contributed by atoms with E-state index in [1.165, 1.54) is 60.5 Å². The minimum atomic E-state index is -0.569. The van der Waals surface area contributed by atoms with Gasteiger partial charge in [0.1, 0.15) is 11.2 Å². The molecule has 14 rings (SSSR count). The summed E-state index contributed by atoms with van der Waals surface area (Å²) in [6.07, 6.45) is 0. The highest BCUT2D eigenvalue weighted by Gasteiger charge is 2.46. The van der Waals surface area contributed by atoms with Crippen LogP contribution in [-0.2, 0) is 5.41 Å². The molecule has 2 heteroatoms. The molecule has 0 aliphatic heterocycles. The SMILES string of the molecule is c1ccc(-c2ccc(-c3cc4ccccc4c4ccccc34)cc2N(c2ccc(-c3cccc4oc5ccccc5c34)cc2)c2ccc3c(c2)C(c2ccccc2)(c2ccccc2)c2ccccc2-3)cc1. The first kappa shape index (κ1) is 40.8. The van der Waals surface area contributed by atoms with E-state index in [-0.39, 0.29) is 0 Å². The standard InChI is InChI=1S/C69H45NO/c1-4-19-46(20-5-1)55-41-37-49(62-43-48-21-10-11-26-54(48)57-27-12-13-28-58(57)62)44-65(55)70(52-38-35-47(36-39-52)56-31-18-34-67-68(56)61-30-15-17-33-66(61)71-67)53-40-42-60-59-29-14-16-32-63(59)69(64(60)45-53,50-22-6-2-7-23-50)51-24-8-3-9-25-51/h1-45H. The fraction of sp³-hybridized carbons (Fsp3) is 0.0145. The second-order valence-electron chi connectivity index (χ2n) is 18.7. The summed E-state index contributed by atoms with van der Waals surface area (Å²) >= 11 is 0. The van der Waals surface area contributed by atoms with E-state index in [1.807, 2.05) is 6.07 Å². The lowest BCUT2D eigenvalue weighted by molar-refractivity contribution is 0.669. The number of nitrogens with zero attached hydrogens (tertiary/aromatic N) is 1. The lowest BCUT2D eigenvalue weighted by Crippen LogP contribution is -2.28. The Morgan fingerprint density at radius 2 is 0.845 bits per heavy atom. The van der Waals surface area contributed by atoms with E-state index in [1.54, 1.807) is 0 Å². The monoisotopic (exact) mass is 903 g/mol. The molecular weight excluding hydrogens is 859 g/mol. The largest absolute Gasteiger partial charge is 0.456 e. The maximum absolute atomic E-state index is 6.38. The van der Waals surface area contributed by atoms with Gasteiger partial charge in [0.25, 0.3) is 0 Å². The average molecular weight is 904 g/mol. The van der Waals surface area contributed by atoms with Crippen molar-refractivity contribution in [2.75, 3.05) is 4.90 Å². The maximum Gasteiger partial charge on any atom is 0.136 e. The van der Waals surface area contributed by atoms with E-state index in [4.69, 9.17) is 4.42 Å². The van der Waals surface area contributed by atoms with Gasteiger partial charge in [0.2, 0.25) is 0 Å². The zero-order valence-electron chi connectivity index (χ0n) is 38.8. The Hall–Kier alpha value is -9.24. The molecular formula is C69H45NO. The van der Waals surface area contributed by atoms with Crippen LogP contribution in [0.3, 0.4) is 0 Å². The van der Waals surface area contributed by atoms with Crippen LogP contribution in [0.5, 0.6) is 0 Å². The highest BCUT2D eigenvalue weighted by Crippen LogP contribution is 2.58. The summed E-state index contributed by atoms with van der Waals surface area (Å²) < 4.78 is 6.38. The third kappa shape index (κ3) is 6.42. The number of fused-ring (bicyclic) bond motifs is 9. The Morgan fingerprint density at radius 1 is 0.296 bits per heavy atom. The maximum atomic E-state index is 6.38. The van der Waals surface area contributed by atoms with E-state index >= 15 is 0 Å². The molecule has 0 N–H and O–H groups in total. The van der Waals surface area contributed by atoms with Crippen LogP contribution in [0.1, 0.15) is 22.3 Å². The van der Waals surface area contributed by atoms with Gasteiger partial charge in [-0.15, -0.1) is 0 Å². The van der Waals surface area contributed by atoms with Gasteiger partial charge < -0.3 is 9.32 Å².